The number of amides is 1. The number of halogens is 2. The van der Waals surface area contributed by atoms with Crippen LogP contribution >= 0.6 is 0 Å². The summed E-state index contributed by atoms with van der Waals surface area (Å²) >= 11 is 0. The van der Waals surface area contributed by atoms with E-state index >= 15 is 0 Å². The van der Waals surface area contributed by atoms with Gasteiger partial charge in [-0.05, 0) is 49.2 Å². The number of nitrogens with two attached hydrogens (primary N) is 1. The lowest BCUT2D eigenvalue weighted by Gasteiger charge is -2.41. The lowest BCUT2D eigenvalue weighted by Crippen LogP contribution is -2.57. The molecule has 1 aliphatic rings. The van der Waals surface area contributed by atoms with E-state index in [0.717, 1.165) is 11.1 Å². The zero-order valence-electron chi connectivity index (χ0n) is 15.7. The van der Waals surface area contributed by atoms with Crippen molar-refractivity contribution >= 4 is 5.91 Å². The molecule has 1 saturated heterocycles. The van der Waals surface area contributed by atoms with E-state index in [1.807, 2.05) is 0 Å². The molecule has 0 radical (unpaired) electrons. The lowest BCUT2D eigenvalue weighted by atomic mass is 9.96. The average molecular weight is 373 g/mol. The number of carbonyl (C=O) groups is 1. The van der Waals surface area contributed by atoms with Gasteiger partial charge in [0.1, 0.15) is 11.6 Å². The van der Waals surface area contributed by atoms with Crippen LogP contribution in [0.5, 0.6) is 0 Å². The van der Waals surface area contributed by atoms with Crippen molar-refractivity contribution in [3.63, 3.8) is 0 Å². The molecular weight excluding hydrogens is 348 g/mol. The average Bonchev–Trinajstić information content (AvgIpc) is 2.64. The van der Waals surface area contributed by atoms with Gasteiger partial charge in [-0.15, -0.1) is 0 Å². The molecular formula is C21H25F2N3O. The van der Waals surface area contributed by atoms with Crippen LogP contribution in [0.25, 0.3) is 0 Å². The molecule has 6 heteroatoms. The van der Waals surface area contributed by atoms with E-state index in [4.69, 9.17) is 5.73 Å². The van der Waals surface area contributed by atoms with Crippen molar-refractivity contribution in [2.75, 3.05) is 26.2 Å². The summed E-state index contributed by atoms with van der Waals surface area (Å²) in [6.07, 6.45) is 0. The summed E-state index contributed by atoms with van der Waals surface area (Å²) in [5.41, 5.74) is 6.91. The van der Waals surface area contributed by atoms with Gasteiger partial charge in [-0.2, -0.15) is 0 Å². The molecule has 27 heavy (non-hydrogen) atoms. The Morgan fingerprint density at radius 3 is 1.67 bits per heavy atom. The fourth-order valence-corrected chi connectivity index (χ4v) is 3.49. The van der Waals surface area contributed by atoms with Gasteiger partial charge < -0.3 is 10.6 Å². The van der Waals surface area contributed by atoms with E-state index in [0.29, 0.717) is 26.2 Å². The molecule has 1 amide bonds. The van der Waals surface area contributed by atoms with Crippen LogP contribution in [0.1, 0.15) is 31.0 Å². The van der Waals surface area contributed by atoms with Crippen molar-refractivity contribution in [1.82, 2.24) is 9.80 Å². The predicted octanol–water partition coefficient (Wildman–Crippen LogP) is 2.94. The summed E-state index contributed by atoms with van der Waals surface area (Å²) in [4.78, 5) is 16.4. The second-order valence-electron chi connectivity index (χ2n) is 7.56. The predicted molar refractivity (Wildman–Crippen MR) is 101 cm³/mol. The van der Waals surface area contributed by atoms with Crippen molar-refractivity contribution < 1.29 is 13.6 Å². The summed E-state index contributed by atoms with van der Waals surface area (Å²) in [5.74, 6) is -0.656. The van der Waals surface area contributed by atoms with Gasteiger partial charge in [0, 0.05) is 26.2 Å². The first kappa shape index (κ1) is 19.5. The minimum Gasteiger partial charge on any atom is -0.339 e. The normalized spacial score (nSPS) is 16.0. The van der Waals surface area contributed by atoms with Gasteiger partial charge >= 0.3 is 0 Å². The van der Waals surface area contributed by atoms with Crippen LogP contribution < -0.4 is 5.73 Å². The first-order chi connectivity index (χ1) is 12.8. The van der Waals surface area contributed by atoms with Crippen molar-refractivity contribution in [2.45, 2.75) is 25.4 Å². The molecule has 0 atom stereocenters. The Morgan fingerprint density at radius 2 is 1.30 bits per heavy atom. The van der Waals surface area contributed by atoms with Gasteiger partial charge in [0.05, 0.1) is 11.6 Å². The number of hydrogen-bond donors (Lipinski definition) is 1. The van der Waals surface area contributed by atoms with E-state index < -0.39 is 5.54 Å². The molecule has 1 aliphatic heterocycles. The van der Waals surface area contributed by atoms with E-state index in [-0.39, 0.29) is 23.6 Å². The molecule has 3 rings (SSSR count). The molecule has 4 nitrogen and oxygen atoms in total. The molecule has 1 fully saturated rings. The third-order valence-corrected chi connectivity index (χ3v) is 4.89. The van der Waals surface area contributed by atoms with Gasteiger partial charge in [-0.1, -0.05) is 24.3 Å². The minimum atomic E-state index is -0.893. The maximum atomic E-state index is 13.4. The summed E-state index contributed by atoms with van der Waals surface area (Å²) in [6, 6.07) is 12.6. The quantitative estimate of drug-likeness (QED) is 0.897. The standard InChI is InChI=1S/C21H25F2N3O/c1-21(2,24)20(27)26-13-11-25(12-14-26)19(15-3-7-17(22)8-4-15)16-5-9-18(23)10-6-16/h3-10,19H,11-14,24H2,1-2H3. The second-order valence-corrected chi connectivity index (χ2v) is 7.56. The van der Waals surface area contributed by atoms with E-state index in [2.05, 4.69) is 4.90 Å². The molecule has 144 valence electrons. The van der Waals surface area contributed by atoms with E-state index in [1.165, 1.54) is 24.3 Å². The number of carbonyl (C=O) groups excluding carboxylic acids is 1. The third-order valence-electron chi connectivity index (χ3n) is 4.89. The maximum Gasteiger partial charge on any atom is 0.242 e. The monoisotopic (exact) mass is 373 g/mol. The van der Waals surface area contributed by atoms with Gasteiger partial charge in [0.2, 0.25) is 5.91 Å². The number of rotatable bonds is 4. The van der Waals surface area contributed by atoms with Crippen molar-refractivity contribution in [2.24, 2.45) is 5.73 Å². The van der Waals surface area contributed by atoms with E-state index in [9.17, 15) is 13.6 Å². The lowest BCUT2D eigenvalue weighted by molar-refractivity contribution is -0.137. The van der Waals surface area contributed by atoms with Crippen LogP contribution in [0, 0.1) is 11.6 Å². The fourth-order valence-electron chi connectivity index (χ4n) is 3.49. The molecule has 0 saturated carbocycles. The van der Waals surface area contributed by atoms with Gasteiger partial charge in [0.15, 0.2) is 0 Å². The van der Waals surface area contributed by atoms with Gasteiger partial charge in [-0.3, -0.25) is 9.69 Å². The van der Waals surface area contributed by atoms with Crippen molar-refractivity contribution in [3.05, 3.63) is 71.3 Å². The summed E-state index contributed by atoms with van der Waals surface area (Å²) in [7, 11) is 0. The fraction of sp³-hybridized carbons (Fsp3) is 0.381. The smallest absolute Gasteiger partial charge is 0.242 e. The highest BCUT2D eigenvalue weighted by molar-refractivity contribution is 5.85. The minimum absolute atomic E-state index is 0.0673. The molecule has 0 aliphatic carbocycles. The van der Waals surface area contributed by atoms with Crippen molar-refractivity contribution in [1.29, 1.82) is 0 Å². The zero-order valence-corrected chi connectivity index (χ0v) is 15.7. The molecule has 2 N–H and O–H groups in total. The summed E-state index contributed by atoms with van der Waals surface area (Å²) < 4.78 is 26.8. The Bertz CT molecular complexity index is 731. The molecule has 0 spiro atoms. The van der Waals surface area contributed by atoms with Crippen LogP contribution in [0.15, 0.2) is 48.5 Å². The molecule has 0 bridgehead atoms. The Kier molecular flexibility index (Phi) is 5.58. The largest absolute Gasteiger partial charge is 0.339 e. The SMILES string of the molecule is CC(C)(N)C(=O)N1CCN(C(c2ccc(F)cc2)c2ccc(F)cc2)CC1. The highest BCUT2D eigenvalue weighted by atomic mass is 19.1. The number of benzene rings is 2. The second kappa shape index (κ2) is 7.74. The number of hydrogen-bond acceptors (Lipinski definition) is 3. The topological polar surface area (TPSA) is 49.6 Å². The van der Waals surface area contributed by atoms with Crippen molar-refractivity contribution in [3.8, 4) is 0 Å². The summed E-state index contributed by atoms with van der Waals surface area (Å²) in [5, 5.41) is 0. The number of piperazine rings is 1. The maximum absolute atomic E-state index is 13.4. The molecule has 0 unspecified atom stereocenters. The Morgan fingerprint density at radius 1 is 0.889 bits per heavy atom. The number of nitrogens with zero attached hydrogens (tertiary/aromatic N) is 2. The summed E-state index contributed by atoms with van der Waals surface area (Å²) in [6.45, 7) is 5.86. The third kappa shape index (κ3) is 4.51. The first-order valence-electron chi connectivity index (χ1n) is 9.09. The van der Waals surface area contributed by atoms with Crippen LogP contribution in [0.4, 0.5) is 8.78 Å². The Balaban J connectivity index is 1.83. The molecule has 0 aromatic heterocycles. The van der Waals surface area contributed by atoms with E-state index in [1.54, 1.807) is 43.0 Å². The molecule has 2 aromatic carbocycles. The zero-order chi connectivity index (χ0) is 19.6. The Hall–Kier alpha value is -2.31. The van der Waals surface area contributed by atoms with Crippen LogP contribution in [0.3, 0.4) is 0 Å². The van der Waals surface area contributed by atoms with Gasteiger partial charge in [0.25, 0.3) is 0 Å². The first-order valence-corrected chi connectivity index (χ1v) is 9.09. The van der Waals surface area contributed by atoms with Crippen LogP contribution in [0.2, 0.25) is 0 Å². The van der Waals surface area contributed by atoms with Crippen LogP contribution in [-0.4, -0.2) is 47.4 Å². The molecule has 2 aromatic rings. The van der Waals surface area contributed by atoms with Gasteiger partial charge in [-0.25, -0.2) is 8.78 Å². The highest BCUT2D eigenvalue weighted by Crippen LogP contribution is 2.30. The van der Waals surface area contributed by atoms with Crippen LogP contribution in [-0.2, 0) is 4.79 Å². The molecule has 1 heterocycles. The Labute approximate surface area is 158 Å². The highest BCUT2D eigenvalue weighted by Gasteiger charge is 2.32.